The first-order chi connectivity index (χ1) is 13.4. The van der Waals surface area contributed by atoms with E-state index in [1.165, 1.54) is 24.9 Å². The highest BCUT2D eigenvalue weighted by atomic mass is 16.2. The van der Waals surface area contributed by atoms with Crippen molar-refractivity contribution in [2.24, 2.45) is 5.41 Å². The molecule has 3 rings (SSSR count). The fourth-order valence-corrected chi connectivity index (χ4v) is 3.95. The lowest BCUT2D eigenvalue weighted by molar-refractivity contribution is -0.147. The number of amides is 2. The highest BCUT2D eigenvalue weighted by molar-refractivity contribution is 6.09. The normalized spacial score (nSPS) is 18.8. The highest BCUT2D eigenvalue weighted by Crippen LogP contribution is 2.25. The third-order valence-electron chi connectivity index (χ3n) is 6.06. The maximum atomic E-state index is 12.9. The maximum Gasteiger partial charge on any atom is 0.239 e. The van der Waals surface area contributed by atoms with Crippen LogP contribution in [-0.2, 0) is 9.59 Å². The minimum Gasteiger partial charge on any atom is -0.372 e. The van der Waals surface area contributed by atoms with Crippen molar-refractivity contribution in [2.45, 2.75) is 40.0 Å². The van der Waals surface area contributed by atoms with Gasteiger partial charge in [0.25, 0.3) is 0 Å². The van der Waals surface area contributed by atoms with Crippen molar-refractivity contribution in [2.75, 3.05) is 56.0 Å². The number of nitrogens with zero attached hydrogens (tertiary/aromatic N) is 3. The van der Waals surface area contributed by atoms with Crippen LogP contribution in [0.1, 0.15) is 40.0 Å². The van der Waals surface area contributed by atoms with Gasteiger partial charge in [0.1, 0.15) is 5.41 Å². The van der Waals surface area contributed by atoms with Gasteiger partial charge < -0.3 is 20.0 Å². The third kappa shape index (κ3) is 4.66. The fourth-order valence-electron chi connectivity index (χ4n) is 3.95. The lowest BCUT2D eigenvalue weighted by atomic mass is 9.89. The van der Waals surface area contributed by atoms with Crippen LogP contribution in [0.15, 0.2) is 24.3 Å². The Morgan fingerprint density at radius 3 is 2.11 bits per heavy atom. The van der Waals surface area contributed by atoms with Crippen molar-refractivity contribution in [3.05, 3.63) is 24.3 Å². The number of hydrogen-bond donors (Lipinski definition) is 1. The van der Waals surface area contributed by atoms with Crippen LogP contribution in [0.25, 0.3) is 0 Å². The van der Waals surface area contributed by atoms with E-state index in [2.05, 4.69) is 34.2 Å². The molecular weight excluding hydrogens is 352 g/mol. The van der Waals surface area contributed by atoms with Gasteiger partial charge in [-0.25, -0.2) is 0 Å². The number of piperidine rings is 1. The van der Waals surface area contributed by atoms with Gasteiger partial charge >= 0.3 is 0 Å². The Labute approximate surface area is 168 Å². The Hall–Kier alpha value is -2.08. The van der Waals surface area contributed by atoms with Crippen LogP contribution in [0.2, 0.25) is 0 Å². The minimum absolute atomic E-state index is 0.0920. The summed E-state index contributed by atoms with van der Waals surface area (Å²) in [6.45, 7) is 11.9. The number of piperazine rings is 1. The quantitative estimate of drug-likeness (QED) is 0.791. The van der Waals surface area contributed by atoms with Crippen molar-refractivity contribution < 1.29 is 9.59 Å². The van der Waals surface area contributed by atoms with Crippen molar-refractivity contribution in [1.29, 1.82) is 0 Å². The first kappa shape index (κ1) is 20.6. The van der Waals surface area contributed by atoms with Crippen LogP contribution < -0.4 is 10.2 Å². The van der Waals surface area contributed by atoms with E-state index in [1.807, 2.05) is 17.0 Å². The lowest BCUT2D eigenvalue weighted by Crippen LogP contribution is -2.54. The van der Waals surface area contributed by atoms with Crippen LogP contribution in [-0.4, -0.2) is 67.4 Å². The molecule has 2 amide bonds. The molecule has 1 aromatic rings. The van der Waals surface area contributed by atoms with Gasteiger partial charge in [-0.1, -0.05) is 6.92 Å². The summed E-state index contributed by atoms with van der Waals surface area (Å²) < 4.78 is 0. The van der Waals surface area contributed by atoms with E-state index in [0.29, 0.717) is 13.1 Å². The number of nitrogens with one attached hydrogen (secondary N) is 1. The smallest absolute Gasteiger partial charge is 0.239 e. The molecule has 1 aromatic carbocycles. The van der Waals surface area contributed by atoms with Crippen molar-refractivity contribution in [1.82, 2.24) is 9.80 Å². The molecule has 6 nitrogen and oxygen atoms in total. The molecular formula is C22H34N4O2. The lowest BCUT2D eigenvalue weighted by Gasteiger charge is -2.37. The van der Waals surface area contributed by atoms with Gasteiger partial charge in [-0.15, -0.1) is 0 Å². The van der Waals surface area contributed by atoms with Gasteiger partial charge in [-0.05, 0) is 63.9 Å². The Bertz CT molecular complexity index is 672. The minimum atomic E-state index is -1.08. The topological polar surface area (TPSA) is 55.9 Å². The highest BCUT2D eigenvalue weighted by Gasteiger charge is 2.40. The van der Waals surface area contributed by atoms with Gasteiger partial charge in [-0.2, -0.15) is 0 Å². The Morgan fingerprint density at radius 2 is 1.54 bits per heavy atom. The SMILES string of the molecule is CCN1CCN(C(=O)C(C)(C)C(=O)Nc2ccc(N3CCCCC3)cc2)CC1. The third-order valence-corrected chi connectivity index (χ3v) is 6.06. The van der Waals surface area contributed by atoms with Crippen molar-refractivity contribution >= 4 is 23.2 Å². The second kappa shape index (κ2) is 8.95. The average Bonchev–Trinajstić information content (AvgIpc) is 2.74. The molecule has 1 N–H and O–H groups in total. The summed E-state index contributed by atoms with van der Waals surface area (Å²) in [6, 6.07) is 7.98. The summed E-state index contributed by atoms with van der Waals surface area (Å²) in [5.41, 5.74) is 0.851. The molecule has 0 saturated carbocycles. The van der Waals surface area contributed by atoms with E-state index in [0.717, 1.165) is 38.4 Å². The van der Waals surface area contributed by atoms with Crippen molar-refractivity contribution in [3.63, 3.8) is 0 Å². The van der Waals surface area contributed by atoms with E-state index < -0.39 is 5.41 Å². The molecule has 28 heavy (non-hydrogen) atoms. The van der Waals surface area contributed by atoms with E-state index in [1.54, 1.807) is 13.8 Å². The average molecular weight is 387 g/mol. The zero-order valence-corrected chi connectivity index (χ0v) is 17.5. The van der Waals surface area contributed by atoms with E-state index in [4.69, 9.17) is 0 Å². The fraction of sp³-hybridized carbons (Fsp3) is 0.636. The Morgan fingerprint density at radius 1 is 0.929 bits per heavy atom. The molecule has 2 aliphatic heterocycles. The van der Waals surface area contributed by atoms with Gasteiger partial charge in [0, 0.05) is 50.6 Å². The molecule has 2 saturated heterocycles. The summed E-state index contributed by atoms with van der Waals surface area (Å²) in [7, 11) is 0. The second-order valence-corrected chi connectivity index (χ2v) is 8.40. The van der Waals surface area contributed by atoms with Crippen LogP contribution in [0.5, 0.6) is 0 Å². The molecule has 2 aliphatic rings. The van der Waals surface area contributed by atoms with E-state index >= 15 is 0 Å². The summed E-state index contributed by atoms with van der Waals surface area (Å²) >= 11 is 0. The van der Waals surface area contributed by atoms with Gasteiger partial charge in [0.2, 0.25) is 11.8 Å². The van der Waals surface area contributed by atoms with E-state index in [-0.39, 0.29) is 11.8 Å². The number of likely N-dealkylation sites (N-methyl/N-ethyl adjacent to an activating group) is 1. The molecule has 0 unspecified atom stereocenters. The first-order valence-electron chi connectivity index (χ1n) is 10.6. The van der Waals surface area contributed by atoms with Crippen LogP contribution in [0.3, 0.4) is 0 Å². The van der Waals surface area contributed by atoms with Crippen LogP contribution in [0, 0.1) is 5.41 Å². The predicted molar refractivity (Wildman–Crippen MR) is 114 cm³/mol. The number of rotatable bonds is 5. The molecule has 0 spiro atoms. The molecule has 0 radical (unpaired) electrons. The van der Waals surface area contributed by atoms with Gasteiger partial charge in [0.15, 0.2) is 0 Å². The maximum absolute atomic E-state index is 12.9. The molecule has 6 heteroatoms. The van der Waals surface area contributed by atoms with Crippen molar-refractivity contribution in [3.8, 4) is 0 Å². The molecule has 0 atom stereocenters. The molecule has 2 heterocycles. The molecule has 2 fully saturated rings. The number of anilines is 2. The predicted octanol–water partition coefficient (Wildman–Crippen LogP) is 2.81. The number of hydrogen-bond acceptors (Lipinski definition) is 4. The zero-order chi connectivity index (χ0) is 20.1. The van der Waals surface area contributed by atoms with E-state index in [9.17, 15) is 9.59 Å². The van der Waals surface area contributed by atoms with Gasteiger partial charge in [-0.3, -0.25) is 9.59 Å². The molecule has 0 bridgehead atoms. The molecule has 0 aliphatic carbocycles. The first-order valence-corrected chi connectivity index (χ1v) is 10.6. The van der Waals surface area contributed by atoms with Crippen LogP contribution in [0.4, 0.5) is 11.4 Å². The number of carbonyl (C=O) groups is 2. The molecule has 0 aromatic heterocycles. The summed E-state index contributed by atoms with van der Waals surface area (Å²) in [4.78, 5) is 32.3. The molecule has 154 valence electrons. The second-order valence-electron chi connectivity index (χ2n) is 8.40. The number of carbonyl (C=O) groups excluding carboxylic acids is 2. The summed E-state index contributed by atoms with van der Waals surface area (Å²) in [6.07, 6.45) is 3.78. The Balaban J connectivity index is 1.58. The monoisotopic (exact) mass is 386 g/mol. The summed E-state index contributed by atoms with van der Waals surface area (Å²) in [5.74, 6) is -0.341. The number of benzene rings is 1. The zero-order valence-electron chi connectivity index (χ0n) is 17.5. The largest absolute Gasteiger partial charge is 0.372 e. The standard InChI is InChI=1S/C22H34N4O2/c1-4-24-14-16-26(17-15-24)21(28)22(2,3)20(27)23-18-8-10-19(11-9-18)25-12-6-5-7-13-25/h8-11H,4-7,12-17H2,1-3H3,(H,23,27). The van der Waals surface area contributed by atoms with Gasteiger partial charge in [0.05, 0.1) is 0 Å². The summed E-state index contributed by atoms with van der Waals surface area (Å²) in [5, 5.41) is 2.94. The van der Waals surface area contributed by atoms with Crippen LogP contribution >= 0.6 is 0 Å². The Kier molecular flexibility index (Phi) is 6.60.